The minimum absolute atomic E-state index is 0.231. The Labute approximate surface area is 118 Å². The third-order valence-electron chi connectivity index (χ3n) is 3.70. The van der Waals surface area contributed by atoms with E-state index in [-0.39, 0.29) is 12.6 Å². The lowest BCUT2D eigenvalue weighted by Crippen LogP contribution is -2.36. The lowest BCUT2D eigenvalue weighted by atomic mass is 10.0. The predicted octanol–water partition coefficient (Wildman–Crippen LogP) is 3.47. The Bertz CT molecular complexity index is 414. The van der Waals surface area contributed by atoms with Crippen molar-refractivity contribution >= 4 is 0 Å². The van der Waals surface area contributed by atoms with Gasteiger partial charge in [0.05, 0.1) is 0 Å². The average Bonchev–Trinajstić information content (AvgIpc) is 2.43. The van der Waals surface area contributed by atoms with Crippen molar-refractivity contribution in [1.29, 1.82) is 0 Å². The molecule has 0 spiro atoms. The van der Waals surface area contributed by atoms with Crippen LogP contribution in [0.25, 0.3) is 0 Å². The molecule has 0 heterocycles. The van der Waals surface area contributed by atoms with E-state index in [4.69, 9.17) is 5.73 Å². The van der Waals surface area contributed by atoms with Gasteiger partial charge in [0, 0.05) is 19.1 Å². The van der Waals surface area contributed by atoms with Gasteiger partial charge in [-0.15, -0.1) is 0 Å². The van der Waals surface area contributed by atoms with E-state index in [0.29, 0.717) is 18.0 Å². The van der Waals surface area contributed by atoms with Crippen LogP contribution in [0.1, 0.15) is 38.8 Å². The number of hydrogen-bond acceptors (Lipinski definition) is 2. The van der Waals surface area contributed by atoms with Crippen LogP contribution in [0.5, 0.6) is 0 Å². The Kier molecular flexibility index (Phi) is 6.49. The van der Waals surface area contributed by atoms with E-state index < -0.39 is 17.5 Å². The zero-order valence-electron chi connectivity index (χ0n) is 12.3. The van der Waals surface area contributed by atoms with E-state index in [2.05, 4.69) is 18.7 Å². The maximum absolute atomic E-state index is 13.4. The van der Waals surface area contributed by atoms with Crippen molar-refractivity contribution in [3.05, 3.63) is 35.1 Å². The highest BCUT2D eigenvalue weighted by atomic mass is 19.2. The van der Waals surface area contributed by atoms with Crippen LogP contribution in [0, 0.1) is 23.4 Å². The molecule has 0 amide bonds. The molecular weight excluding hydrogens is 265 g/mol. The Balaban J connectivity index is 3.04. The van der Waals surface area contributed by atoms with Gasteiger partial charge in [-0.3, -0.25) is 4.90 Å². The number of halogens is 3. The van der Waals surface area contributed by atoms with E-state index >= 15 is 0 Å². The molecule has 0 radical (unpaired) electrons. The molecule has 1 aromatic carbocycles. The molecule has 0 bridgehead atoms. The summed E-state index contributed by atoms with van der Waals surface area (Å²) >= 11 is 0. The van der Waals surface area contributed by atoms with Gasteiger partial charge in [-0.25, -0.2) is 13.2 Å². The maximum atomic E-state index is 13.4. The van der Waals surface area contributed by atoms with Crippen molar-refractivity contribution in [1.82, 2.24) is 4.90 Å². The standard InChI is InChI=1S/C15H23F3N2/c1-4-10(3)9-20(5-2)14(8-19)11-6-12(16)15(18)13(17)7-11/h6-7,10,14H,4-5,8-9,19H2,1-3H3. The second-order valence-corrected chi connectivity index (χ2v) is 5.15. The van der Waals surface area contributed by atoms with Crippen LogP contribution in [-0.2, 0) is 0 Å². The van der Waals surface area contributed by atoms with Gasteiger partial charge in [0.25, 0.3) is 0 Å². The number of nitrogens with two attached hydrogens (primary N) is 1. The zero-order chi connectivity index (χ0) is 15.3. The van der Waals surface area contributed by atoms with E-state index in [1.54, 1.807) is 0 Å². The van der Waals surface area contributed by atoms with Crippen molar-refractivity contribution in [3.63, 3.8) is 0 Å². The fraction of sp³-hybridized carbons (Fsp3) is 0.600. The summed E-state index contributed by atoms with van der Waals surface area (Å²) < 4.78 is 39.7. The molecule has 5 heteroatoms. The summed E-state index contributed by atoms with van der Waals surface area (Å²) in [6.07, 6.45) is 1.01. The van der Waals surface area contributed by atoms with Crippen molar-refractivity contribution < 1.29 is 13.2 Å². The minimum atomic E-state index is -1.44. The first-order valence-corrected chi connectivity index (χ1v) is 7.03. The SMILES string of the molecule is CCC(C)CN(CC)C(CN)c1cc(F)c(F)c(F)c1. The number of nitrogens with zero attached hydrogens (tertiary/aromatic N) is 1. The van der Waals surface area contributed by atoms with Crippen LogP contribution >= 0.6 is 0 Å². The second-order valence-electron chi connectivity index (χ2n) is 5.15. The average molecular weight is 288 g/mol. The minimum Gasteiger partial charge on any atom is -0.329 e. The second kappa shape index (κ2) is 7.64. The molecule has 1 rings (SSSR count). The normalized spacial score (nSPS) is 14.6. The van der Waals surface area contributed by atoms with E-state index in [1.807, 2.05) is 6.92 Å². The van der Waals surface area contributed by atoms with E-state index in [0.717, 1.165) is 25.1 Å². The number of likely N-dealkylation sites (N-methyl/N-ethyl adjacent to an activating group) is 1. The van der Waals surface area contributed by atoms with E-state index in [9.17, 15) is 13.2 Å². The zero-order valence-corrected chi connectivity index (χ0v) is 12.3. The number of benzene rings is 1. The highest BCUT2D eigenvalue weighted by Gasteiger charge is 2.22. The van der Waals surface area contributed by atoms with Gasteiger partial charge in [0.2, 0.25) is 0 Å². The van der Waals surface area contributed by atoms with Gasteiger partial charge >= 0.3 is 0 Å². The Hall–Kier alpha value is -1.07. The molecule has 0 saturated heterocycles. The molecule has 2 atom stereocenters. The molecule has 0 aliphatic heterocycles. The van der Waals surface area contributed by atoms with Crippen molar-refractivity contribution in [2.75, 3.05) is 19.6 Å². The van der Waals surface area contributed by atoms with Crippen LogP contribution in [0.4, 0.5) is 13.2 Å². The molecule has 2 N–H and O–H groups in total. The topological polar surface area (TPSA) is 29.3 Å². The van der Waals surface area contributed by atoms with Gasteiger partial charge in [-0.2, -0.15) is 0 Å². The maximum Gasteiger partial charge on any atom is 0.194 e. The summed E-state index contributed by atoms with van der Waals surface area (Å²) in [5, 5.41) is 0. The van der Waals surface area contributed by atoms with Gasteiger partial charge in [-0.05, 0) is 30.2 Å². The van der Waals surface area contributed by atoms with Gasteiger partial charge < -0.3 is 5.73 Å². The largest absolute Gasteiger partial charge is 0.329 e. The number of hydrogen-bond donors (Lipinski definition) is 1. The molecule has 0 saturated carbocycles. The fourth-order valence-corrected chi connectivity index (χ4v) is 2.27. The number of rotatable bonds is 7. The summed E-state index contributed by atoms with van der Waals surface area (Å²) in [5.41, 5.74) is 6.14. The first-order chi connectivity index (χ1) is 9.44. The molecule has 0 fully saturated rings. The van der Waals surface area contributed by atoms with Gasteiger partial charge in [0.1, 0.15) is 0 Å². The summed E-state index contributed by atoms with van der Waals surface area (Å²) in [4.78, 5) is 2.07. The quantitative estimate of drug-likeness (QED) is 0.778. The Morgan fingerprint density at radius 3 is 2.10 bits per heavy atom. The molecule has 20 heavy (non-hydrogen) atoms. The van der Waals surface area contributed by atoms with Crippen LogP contribution in [0.15, 0.2) is 12.1 Å². The van der Waals surface area contributed by atoms with Crippen LogP contribution in [0.3, 0.4) is 0 Å². The summed E-state index contributed by atoms with van der Waals surface area (Å²) in [6.45, 7) is 7.91. The third kappa shape index (κ3) is 3.96. The molecule has 0 aliphatic rings. The molecular formula is C15H23F3N2. The summed E-state index contributed by atoms with van der Waals surface area (Å²) in [7, 11) is 0. The summed E-state index contributed by atoms with van der Waals surface area (Å²) in [6, 6.07) is 1.77. The molecule has 114 valence electrons. The van der Waals surface area contributed by atoms with E-state index in [1.165, 1.54) is 0 Å². The van der Waals surface area contributed by atoms with Crippen LogP contribution < -0.4 is 5.73 Å². The molecule has 0 aliphatic carbocycles. The van der Waals surface area contributed by atoms with Crippen LogP contribution in [0.2, 0.25) is 0 Å². The Morgan fingerprint density at radius 1 is 1.15 bits per heavy atom. The highest BCUT2D eigenvalue weighted by Crippen LogP contribution is 2.24. The lowest BCUT2D eigenvalue weighted by Gasteiger charge is -2.32. The first kappa shape index (κ1) is 17.0. The molecule has 0 aromatic heterocycles. The molecule has 2 unspecified atom stereocenters. The molecule has 2 nitrogen and oxygen atoms in total. The Morgan fingerprint density at radius 2 is 1.70 bits per heavy atom. The van der Waals surface area contributed by atoms with Crippen LogP contribution in [-0.4, -0.2) is 24.5 Å². The predicted molar refractivity (Wildman–Crippen MR) is 74.8 cm³/mol. The van der Waals surface area contributed by atoms with Crippen molar-refractivity contribution in [3.8, 4) is 0 Å². The molecule has 1 aromatic rings. The monoisotopic (exact) mass is 288 g/mol. The third-order valence-corrected chi connectivity index (χ3v) is 3.70. The summed E-state index contributed by atoms with van der Waals surface area (Å²) in [5.74, 6) is -3.32. The highest BCUT2D eigenvalue weighted by molar-refractivity contribution is 5.23. The lowest BCUT2D eigenvalue weighted by molar-refractivity contribution is 0.181. The fourth-order valence-electron chi connectivity index (χ4n) is 2.27. The smallest absolute Gasteiger partial charge is 0.194 e. The van der Waals surface area contributed by atoms with Crippen molar-refractivity contribution in [2.24, 2.45) is 11.7 Å². The first-order valence-electron chi connectivity index (χ1n) is 7.03. The van der Waals surface area contributed by atoms with Crippen molar-refractivity contribution in [2.45, 2.75) is 33.2 Å². The van der Waals surface area contributed by atoms with Gasteiger partial charge in [0.15, 0.2) is 17.5 Å². The van der Waals surface area contributed by atoms with Gasteiger partial charge in [-0.1, -0.05) is 27.2 Å².